The third kappa shape index (κ3) is 3.52. The quantitative estimate of drug-likeness (QED) is 0.787. The van der Waals surface area contributed by atoms with Crippen molar-refractivity contribution in [1.82, 2.24) is 0 Å². The third-order valence-corrected chi connectivity index (χ3v) is 3.10. The second-order valence-corrected chi connectivity index (χ2v) is 4.40. The van der Waals surface area contributed by atoms with Gasteiger partial charge in [-0.25, -0.2) is 0 Å². The van der Waals surface area contributed by atoms with Gasteiger partial charge in [-0.3, -0.25) is 0 Å². The second-order valence-electron chi connectivity index (χ2n) is 4.40. The van der Waals surface area contributed by atoms with Crippen LogP contribution in [-0.2, 0) is 0 Å². The molecular weight excluding hydrogens is 248 g/mol. The summed E-state index contributed by atoms with van der Waals surface area (Å²) < 4.78 is 15.9. The summed E-state index contributed by atoms with van der Waals surface area (Å²) >= 11 is 0. The molecule has 5 nitrogen and oxygen atoms in total. The molecule has 19 heavy (non-hydrogen) atoms. The predicted molar refractivity (Wildman–Crippen MR) is 72.2 cm³/mol. The fraction of sp³-hybridized carbons (Fsp3) is 0.571. The van der Waals surface area contributed by atoms with Crippen molar-refractivity contribution in [3.63, 3.8) is 0 Å². The summed E-state index contributed by atoms with van der Waals surface area (Å²) in [6.45, 7) is 1.71. The zero-order chi connectivity index (χ0) is 14.4. The molecule has 1 aromatic rings. The van der Waals surface area contributed by atoms with Crippen LogP contribution in [0.4, 0.5) is 0 Å². The number of methoxy groups -OCH3 is 3. The molecular formula is C14H22O5. The number of aliphatic hydroxyl groups excluding tert-OH is 2. The average Bonchev–Trinajstić information content (AvgIpc) is 2.44. The van der Waals surface area contributed by atoms with E-state index in [2.05, 4.69) is 0 Å². The van der Waals surface area contributed by atoms with Crippen LogP contribution in [0.15, 0.2) is 12.1 Å². The Kier molecular flexibility index (Phi) is 5.92. The van der Waals surface area contributed by atoms with Crippen molar-refractivity contribution in [3.8, 4) is 17.2 Å². The first kappa shape index (κ1) is 15.6. The largest absolute Gasteiger partial charge is 0.493 e. The van der Waals surface area contributed by atoms with E-state index < -0.39 is 6.10 Å². The van der Waals surface area contributed by atoms with E-state index in [1.54, 1.807) is 27.4 Å². The van der Waals surface area contributed by atoms with E-state index in [1.165, 1.54) is 0 Å². The summed E-state index contributed by atoms with van der Waals surface area (Å²) in [4.78, 5) is 0. The highest BCUT2D eigenvalue weighted by atomic mass is 16.5. The van der Waals surface area contributed by atoms with Crippen molar-refractivity contribution in [2.75, 3.05) is 27.9 Å². The minimum absolute atomic E-state index is 0.0249. The van der Waals surface area contributed by atoms with Gasteiger partial charge in [0.15, 0.2) is 11.5 Å². The van der Waals surface area contributed by atoms with Crippen molar-refractivity contribution in [2.45, 2.75) is 25.4 Å². The normalized spacial score (nSPS) is 13.8. The lowest BCUT2D eigenvalue weighted by atomic mass is 9.93. The molecule has 0 heterocycles. The van der Waals surface area contributed by atoms with Crippen molar-refractivity contribution in [1.29, 1.82) is 0 Å². The van der Waals surface area contributed by atoms with Crippen LogP contribution in [-0.4, -0.2) is 44.3 Å². The Bertz CT molecular complexity index is 405. The highest BCUT2D eigenvalue weighted by Gasteiger charge is 2.21. The summed E-state index contributed by atoms with van der Waals surface area (Å²) in [5, 5.41) is 18.4. The van der Waals surface area contributed by atoms with E-state index in [0.717, 1.165) is 5.56 Å². The molecule has 1 aromatic carbocycles. The Balaban J connectivity index is 3.13. The molecule has 108 valence electrons. The topological polar surface area (TPSA) is 68.2 Å². The molecule has 0 spiro atoms. The molecule has 0 radical (unpaired) electrons. The monoisotopic (exact) mass is 270 g/mol. The van der Waals surface area contributed by atoms with Crippen molar-refractivity contribution in [3.05, 3.63) is 17.7 Å². The fourth-order valence-electron chi connectivity index (χ4n) is 2.12. The number of hydrogen-bond donors (Lipinski definition) is 2. The minimum Gasteiger partial charge on any atom is -0.493 e. The molecule has 2 atom stereocenters. The van der Waals surface area contributed by atoms with Crippen LogP contribution in [0.25, 0.3) is 0 Å². The lowest BCUT2D eigenvalue weighted by molar-refractivity contribution is 0.0833. The molecule has 0 aliphatic carbocycles. The maximum atomic E-state index is 9.53. The Morgan fingerprint density at radius 3 is 2.16 bits per heavy atom. The van der Waals surface area contributed by atoms with Crippen LogP contribution in [0.1, 0.15) is 24.8 Å². The average molecular weight is 270 g/mol. The van der Waals surface area contributed by atoms with Gasteiger partial charge in [-0.05, 0) is 18.4 Å². The summed E-state index contributed by atoms with van der Waals surface area (Å²) in [6, 6.07) is 3.69. The molecule has 1 rings (SSSR count). The number of hydrogen-bond acceptors (Lipinski definition) is 5. The van der Waals surface area contributed by atoms with E-state index >= 15 is 0 Å². The lowest BCUT2D eigenvalue weighted by Gasteiger charge is -2.21. The first-order chi connectivity index (χ1) is 9.08. The molecule has 0 saturated carbocycles. The minimum atomic E-state index is -0.743. The summed E-state index contributed by atoms with van der Waals surface area (Å²) in [7, 11) is 4.68. The second kappa shape index (κ2) is 7.21. The number of ether oxygens (including phenoxy) is 3. The molecule has 0 fully saturated rings. The molecule has 0 saturated heterocycles. The van der Waals surface area contributed by atoms with Crippen molar-refractivity contribution in [2.24, 2.45) is 0 Å². The van der Waals surface area contributed by atoms with Gasteiger partial charge in [0, 0.05) is 5.56 Å². The predicted octanol–water partition coefficient (Wildman–Crippen LogP) is 1.56. The third-order valence-electron chi connectivity index (χ3n) is 3.10. The zero-order valence-corrected chi connectivity index (χ0v) is 11.8. The molecule has 0 aliphatic heterocycles. The zero-order valence-electron chi connectivity index (χ0n) is 11.8. The van der Waals surface area contributed by atoms with Crippen LogP contribution >= 0.6 is 0 Å². The van der Waals surface area contributed by atoms with E-state index in [0.29, 0.717) is 23.7 Å². The molecule has 2 N–H and O–H groups in total. The van der Waals surface area contributed by atoms with Gasteiger partial charge in [0.2, 0.25) is 5.75 Å². The molecule has 0 amide bonds. The number of aliphatic hydroxyl groups is 2. The van der Waals surface area contributed by atoms with Crippen LogP contribution in [0.3, 0.4) is 0 Å². The first-order valence-electron chi connectivity index (χ1n) is 6.16. The molecule has 5 heteroatoms. The van der Waals surface area contributed by atoms with E-state index in [1.807, 2.05) is 13.0 Å². The highest BCUT2D eigenvalue weighted by molar-refractivity contribution is 5.56. The maximum absolute atomic E-state index is 9.53. The lowest BCUT2D eigenvalue weighted by Crippen LogP contribution is -2.15. The van der Waals surface area contributed by atoms with Gasteiger partial charge >= 0.3 is 0 Å². The van der Waals surface area contributed by atoms with Crippen LogP contribution in [0.2, 0.25) is 0 Å². The van der Waals surface area contributed by atoms with Crippen molar-refractivity contribution >= 4 is 0 Å². The molecule has 0 aromatic heterocycles. The van der Waals surface area contributed by atoms with Crippen LogP contribution in [0.5, 0.6) is 17.2 Å². The van der Waals surface area contributed by atoms with Crippen molar-refractivity contribution < 1.29 is 24.4 Å². The number of benzene rings is 1. The van der Waals surface area contributed by atoms with Crippen LogP contribution < -0.4 is 14.2 Å². The SMILES string of the molecule is COc1ccc(C(C)CC(O)CO)c(OC)c1OC. The van der Waals surface area contributed by atoms with Gasteiger partial charge in [0.25, 0.3) is 0 Å². The first-order valence-corrected chi connectivity index (χ1v) is 6.16. The van der Waals surface area contributed by atoms with Gasteiger partial charge < -0.3 is 24.4 Å². The van der Waals surface area contributed by atoms with Gasteiger partial charge in [-0.15, -0.1) is 0 Å². The Morgan fingerprint density at radius 1 is 1.05 bits per heavy atom. The van der Waals surface area contributed by atoms with E-state index in [-0.39, 0.29) is 12.5 Å². The van der Waals surface area contributed by atoms with Gasteiger partial charge in [-0.2, -0.15) is 0 Å². The highest BCUT2D eigenvalue weighted by Crippen LogP contribution is 2.43. The summed E-state index contributed by atoms with van der Waals surface area (Å²) in [5.41, 5.74) is 0.910. The molecule has 0 aliphatic rings. The standard InChI is InChI=1S/C14H22O5/c1-9(7-10(16)8-15)11-5-6-12(17-2)14(19-4)13(11)18-3/h5-6,9-10,15-16H,7-8H2,1-4H3. The molecule has 0 bridgehead atoms. The van der Waals surface area contributed by atoms with Crippen LogP contribution in [0, 0.1) is 0 Å². The molecule has 2 unspecified atom stereocenters. The smallest absolute Gasteiger partial charge is 0.203 e. The Hall–Kier alpha value is -1.46. The summed E-state index contributed by atoms with van der Waals surface area (Å²) in [6.07, 6.45) is -0.296. The Labute approximate surface area is 113 Å². The van der Waals surface area contributed by atoms with E-state index in [9.17, 15) is 5.11 Å². The summed E-state index contributed by atoms with van der Waals surface area (Å²) in [5.74, 6) is 1.75. The van der Waals surface area contributed by atoms with Gasteiger partial charge in [-0.1, -0.05) is 13.0 Å². The maximum Gasteiger partial charge on any atom is 0.203 e. The van der Waals surface area contributed by atoms with Gasteiger partial charge in [0.1, 0.15) is 0 Å². The van der Waals surface area contributed by atoms with Gasteiger partial charge in [0.05, 0.1) is 34.0 Å². The Morgan fingerprint density at radius 2 is 1.68 bits per heavy atom. The number of rotatable bonds is 7. The fourth-order valence-corrected chi connectivity index (χ4v) is 2.12. The van der Waals surface area contributed by atoms with E-state index in [4.69, 9.17) is 19.3 Å².